The molecular formula is C39H39F4N3O2. The van der Waals surface area contributed by atoms with Crippen LogP contribution in [0.15, 0.2) is 108 Å². The highest BCUT2D eigenvalue weighted by Crippen LogP contribution is 2.38. The fourth-order valence-corrected chi connectivity index (χ4v) is 6.08. The summed E-state index contributed by atoms with van der Waals surface area (Å²) in [5.74, 6) is -0.647. The molecule has 0 aliphatic heterocycles. The van der Waals surface area contributed by atoms with Crippen molar-refractivity contribution in [3.63, 3.8) is 0 Å². The van der Waals surface area contributed by atoms with Crippen molar-refractivity contribution in [3.8, 4) is 11.1 Å². The normalized spacial score (nSPS) is 11.7. The van der Waals surface area contributed by atoms with E-state index >= 15 is 0 Å². The maximum atomic E-state index is 14.5. The number of hydrogen-bond acceptors (Lipinski definition) is 3. The van der Waals surface area contributed by atoms with Crippen LogP contribution in [0.2, 0.25) is 0 Å². The van der Waals surface area contributed by atoms with Gasteiger partial charge in [-0.2, -0.15) is 13.2 Å². The lowest BCUT2D eigenvalue weighted by atomic mass is 9.97. The van der Waals surface area contributed by atoms with Gasteiger partial charge in [0.1, 0.15) is 12.4 Å². The molecular weight excluding hydrogens is 618 g/mol. The number of alkyl halides is 3. The summed E-state index contributed by atoms with van der Waals surface area (Å²) in [4.78, 5) is 31.0. The number of nitrogens with zero attached hydrogens (tertiary/aromatic N) is 3. The molecule has 1 heterocycles. The van der Waals surface area contributed by atoms with Gasteiger partial charge in [0.15, 0.2) is 5.43 Å². The van der Waals surface area contributed by atoms with E-state index < -0.39 is 11.7 Å². The number of aryl methyl sites for hydroxylation is 2. The Labute approximate surface area is 278 Å². The quantitative estimate of drug-likeness (QED) is 0.121. The highest BCUT2D eigenvalue weighted by atomic mass is 19.4. The van der Waals surface area contributed by atoms with E-state index in [1.165, 1.54) is 18.2 Å². The number of rotatable bonds is 13. The fourth-order valence-electron chi connectivity index (χ4n) is 6.08. The highest BCUT2D eigenvalue weighted by molar-refractivity contribution is 5.83. The number of benzene rings is 4. The Morgan fingerprint density at radius 3 is 2.19 bits per heavy atom. The number of para-hydroxylation sites is 1. The fraction of sp³-hybridized carbons (Fsp3) is 0.282. The number of aromatic nitrogens is 1. The third-order valence-electron chi connectivity index (χ3n) is 8.79. The second-order valence-electron chi connectivity index (χ2n) is 11.8. The molecule has 0 fully saturated rings. The van der Waals surface area contributed by atoms with Crippen LogP contribution < -0.4 is 5.43 Å². The molecule has 0 saturated heterocycles. The number of likely N-dealkylation sites (N-methyl/N-ethyl adjacent to an activating group) is 1. The molecule has 0 unspecified atom stereocenters. The van der Waals surface area contributed by atoms with Crippen molar-refractivity contribution in [2.75, 3.05) is 26.2 Å². The van der Waals surface area contributed by atoms with Crippen molar-refractivity contribution in [3.05, 3.63) is 142 Å². The molecule has 1 amide bonds. The summed E-state index contributed by atoms with van der Waals surface area (Å²) in [6.07, 6.45) is -3.97. The van der Waals surface area contributed by atoms with Gasteiger partial charge in [-0.3, -0.25) is 9.59 Å². The zero-order valence-corrected chi connectivity index (χ0v) is 27.1. The largest absolute Gasteiger partial charge is 0.417 e. The number of pyridine rings is 1. The lowest BCUT2D eigenvalue weighted by molar-refractivity contribution is -0.137. The van der Waals surface area contributed by atoms with Gasteiger partial charge in [0.2, 0.25) is 5.91 Å². The first-order valence-electron chi connectivity index (χ1n) is 16.2. The lowest BCUT2D eigenvalue weighted by Crippen LogP contribution is -2.40. The topological polar surface area (TPSA) is 45.5 Å². The van der Waals surface area contributed by atoms with Gasteiger partial charge in [0.05, 0.1) is 11.1 Å². The van der Waals surface area contributed by atoms with Crippen molar-refractivity contribution >= 4 is 16.8 Å². The van der Waals surface area contributed by atoms with Crippen molar-refractivity contribution in [1.82, 2.24) is 14.4 Å². The molecule has 5 aromatic rings. The van der Waals surface area contributed by atoms with E-state index in [9.17, 15) is 27.2 Å². The van der Waals surface area contributed by atoms with Crippen LogP contribution in [0.1, 0.15) is 36.2 Å². The van der Waals surface area contributed by atoms with Crippen LogP contribution in [0.5, 0.6) is 0 Å². The predicted molar refractivity (Wildman–Crippen MR) is 182 cm³/mol. The van der Waals surface area contributed by atoms with Crippen LogP contribution in [-0.4, -0.2) is 46.5 Å². The minimum absolute atomic E-state index is 0.0268. The summed E-state index contributed by atoms with van der Waals surface area (Å²) in [6, 6.07) is 27.6. The Morgan fingerprint density at radius 2 is 1.48 bits per heavy atom. The number of carbonyl (C=O) groups is 1. The first-order valence-corrected chi connectivity index (χ1v) is 16.2. The Kier molecular flexibility index (Phi) is 11.1. The van der Waals surface area contributed by atoms with Gasteiger partial charge in [-0.05, 0) is 72.5 Å². The summed E-state index contributed by atoms with van der Waals surface area (Å²) >= 11 is 0. The molecule has 0 aliphatic carbocycles. The Balaban J connectivity index is 1.50. The molecule has 0 spiro atoms. The number of amides is 1. The smallest absolute Gasteiger partial charge is 0.336 e. The van der Waals surface area contributed by atoms with E-state index in [2.05, 4.69) is 4.90 Å². The average Bonchev–Trinajstić information content (AvgIpc) is 3.09. The van der Waals surface area contributed by atoms with Crippen molar-refractivity contribution < 1.29 is 22.4 Å². The maximum absolute atomic E-state index is 14.5. The molecule has 0 radical (unpaired) electrons. The average molecular weight is 658 g/mol. The van der Waals surface area contributed by atoms with E-state index in [4.69, 9.17) is 0 Å². The van der Waals surface area contributed by atoms with Gasteiger partial charge < -0.3 is 14.4 Å². The molecule has 4 aromatic carbocycles. The van der Waals surface area contributed by atoms with Crippen molar-refractivity contribution in [2.45, 2.75) is 46.0 Å². The first-order chi connectivity index (χ1) is 23.1. The summed E-state index contributed by atoms with van der Waals surface area (Å²) < 4.78 is 59.3. The van der Waals surface area contributed by atoms with Gasteiger partial charge in [-0.1, -0.05) is 86.6 Å². The van der Waals surface area contributed by atoms with Crippen molar-refractivity contribution in [1.29, 1.82) is 0 Å². The van der Waals surface area contributed by atoms with Gasteiger partial charge in [0.25, 0.3) is 0 Å². The van der Waals surface area contributed by atoms with Crippen molar-refractivity contribution in [2.24, 2.45) is 0 Å². The number of hydrogen-bond donors (Lipinski definition) is 0. The zero-order chi connectivity index (χ0) is 34.3. The van der Waals surface area contributed by atoms with E-state index in [0.717, 1.165) is 19.2 Å². The first kappa shape index (κ1) is 34.6. The third-order valence-corrected chi connectivity index (χ3v) is 8.79. The molecule has 0 bridgehead atoms. The zero-order valence-electron chi connectivity index (χ0n) is 27.1. The second kappa shape index (κ2) is 15.4. The molecule has 0 atom stereocenters. The standard InChI is InChI=1S/C39H39F4N3O2/c1-3-44(4-2)22-23-45(26-28-18-21-32(29-12-6-5-7-13-29)34(24-28)39(41,42)43)38(48)27-46-31(20-19-30-14-8-10-16-35(30)40)25-37(47)33-15-9-11-17-36(33)46/h5-18,21,24-25H,3-4,19-20,22-23,26-27H2,1-2H3. The molecule has 250 valence electrons. The Hall–Kier alpha value is -4.76. The molecule has 0 saturated carbocycles. The Morgan fingerprint density at radius 1 is 0.792 bits per heavy atom. The van der Waals surface area contributed by atoms with Crippen LogP contribution in [0.4, 0.5) is 17.6 Å². The summed E-state index contributed by atoms with van der Waals surface area (Å²) in [5.41, 5.74) is 1.57. The minimum Gasteiger partial charge on any atom is -0.336 e. The van der Waals surface area contributed by atoms with Gasteiger partial charge in [0, 0.05) is 36.8 Å². The summed E-state index contributed by atoms with van der Waals surface area (Å²) in [5, 5.41) is 0.445. The number of fused-ring (bicyclic) bond motifs is 1. The van der Waals surface area contributed by atoms with Gasteiger partial charge in [-0.25, -0.2) is 4.39 Å². The highest BCUT2D eigenvalue weighted by Gasteiger charge is 2.34. The minimum atomic E-state index is -4.60. The summed E-state index contributed by atoms with van der Waals surface area (Å²) in [7, 11) is 0. The van der Waals surface area contributed by atoms with Crippen LogP contribution >= 0.6 is 0 Å². The number of halogens is 4. The van der Waals surface area contributed by atoms with Gasteiger partial charge in [-0.15, -0.1) is 0 Å². The van der Waals surface area contributed by atoms with Crippen LogP contribution in [0.3, 0.4) is 0 Å². The van der Waals surface area contributed by atoms with Crippen LogP contribution in [0.25, 0.3) is 22.0 Å². The molecule has 0 aliphatic rings. The third kappa shape index (κ3) is 8.20. The van der Waals surface area contributed by atoms with Crippen LogP contribution in [-0.2, 0) is 36.9 Å². The monoisotopic (exact) mass is 657 g/mol. The van der Waals surface area contributed by atoms with Crippen LogP contribution in [0, 0.1) is 5.82 Å². The molecule has 48 heavy (non-hydrogen) atoms. The molecule has 1 aromatic heterocycles. The van der Waals surface area contributed by atoms with E-state index in [0.29, 0.717) is 59.2 Å². The molecule has 5 rings (SSSR count). The Bertz CT molecular complexity index is 1920. The predicted octanol–water partition coefficient (Wildman–Crippen LogP) is 7.98. The lowest BCUT2D eigenvalue weighted by Gasteiger charge is -2.28. The van der Waals surface area contributed by atoms with E-state index in [1.54, 1.807) is 88.3 Å². The molecule has 5 nitrogen and oxygen atoms in total. The maximum Gasteiger partial charge on any atom is 0.417 e. The van der Waals surface area contributed by atoms with E-state index in [1.807, 2.05) is 13.8 Å². The number of carbonyl (C=O) groups excluding carboxylic acids is 1. The summed E-state index contributed by atoms with van der Waals surface area (Å²) in [6.45, 7) is 6.22. The molecule has 9 heteroatoms. The van der Waals surface area contributed by atoms with Gasteiger partial charge >= 0.3 is 6.18 Å². The molecule has 0 N–H and O–H groups in total. The SMILES string of the molecule is CCN(CC)CCN(Cc1ccc(-c2ccccc2)c(C(F)(F)F)c1)C(=O)Cn1c(CCc2ccccc2F)cc(=O)c2ccccc21. The second-order valence-corrected chi connectivity index (χ2v) is 11.8. The van der Waals surface area contributed by atoms with E-state index in [-0.39, 0.29) is 35.8 Å².